The van der Waals surface area contributed by atoms with Crippen LogP contribution in [-0.4, -0.2) is 10.9 Å². The Balaban J connectivity index is 3.15. The van der Waals surface area contributed by atoms with Gasteiger partial charge in [0.2, 0.25) is 0 Å². The van der Waals surface area contributed by atoms with Crippen molar-refractivity contribution in [1.29, 1.82) is 0 Å². The molecule has 0 radical (unpaired) electrons. The Hall–Kier alpha value is -1.90. The lowest BCUT2D eigenvalue weighted by atomic mass is 9.99. The van der Waals surface area contributed by atoms with E-state index in [1.54, 1.807) is 11.6 Å². The minimum absolute atomic E-state index is 0.223. The highest BCUT2D eigenvalue weighted by Crippen LogP contribution is 2.23. The molecule has 1 aromatic heterocycles. The highest BCUT2D eigenvalue weighted by atomic mass is 16.1. The molecule has 17 heavy (non-hydrogen) atoms. The van der Waals surface area contributed by atoms with Crippen molar-refractivity contribution in [2.45, 2.75) is 20.8 Å². The summed E-state index contributed by atoms with van der Waals surface area (Å²) in [6, 6.07) is 3.99. The largest absolute Gasteiger partial charge is 0.310 e. The van der Waals surface area contributed by atoms with Crippen molar-refractivity contribution in [3.8, 4) is 0 Å². The number of nitrogens with zero attached hydrogens (tertiary/aromatic N) is 1. The van der Waals surface area contributed by atoms with Crippen LogP contribution in [0.25, 0.3) is 10.9 Å². The third-order valence-electron chi connectivity index (χ3n) is 3.50. The number of pyridine rings is 1. The molecule has 3 nitrogen and oxygen atoms in total. The second kappa shape index (κ2) is 3.84. The first-order valence-electron chi connectivity index (χ1n) is 5.53. The first-order chi connectivity index (χ1) is 7.99. The number of hydrogen-bond donors (Lipinski definition) is 0. The zero-order valence-corrected chi connectivity index (χ0v) is 10.5. The fourth-order valence-corrected chi connectivity index (χ4v) is 2.26. The maximum Gasteiger partial charge on any atom is 0.261 e. The van der Waals surface area contributed by atoms with E-state index in [1.807, 2.05) is 32.9 Å². The normalized spacial score (nSPS) is 10.8. The van der Waals surface area contributed by atoms with Gasteiger partial charge in [-0.15, -0.1) is 0 Å². The number of carbonyl (C=O) groups excluding carboxylic acids is 1. The van der Waals surface area contributed by atoms with Crippen molar-refractivity contribution in [3.05, 3.63) is 44.7 Å². The molecule has 2 aromatic rings. The summed E-state index contributed by atoms with van der Waals surface area (Å²) in [5.41, 5.74) is 3.94. The van der Waals surface area contributed by atoms with E-state index in [9.17, 15) is 9.59 Å². The lowest BCUT2D eigenvalue weighted by Crippen LogP contribution is -2.23. The Bertz CT molecular complexity index is 681. The Morgan fingerprint density at radius 1 is 1.12 bits per heavy atom. The average molecular weight is 229 g/mol. The molecule has 0 aliphatic carbocycles. The maximum atomic E-state index is 12.0. The zero-order valence-electron chi connectivity index (χ0n) is 10.5. The lowest BCUT2D eigenvalue weighted by Gasteiger charge is -2.13. The van der Waals surface area contributed by atoms with Crippen molar-refractivity contribution in [1.82, 2.24) is 4.57 Å². The molecule has 0 aliphatic rings. The van der Waals surface area contributed by atoms with Crippen LogP contribution in [0.1, 0.15) is 27.0 Å². The van der Waals surface area contributed by atoms with Gasteiger partial charge in [0.05, 0.1) is 11.1 Å². The van der Waals surface area contributed by atoms with Crippen molar-refractivity contribution in [3.63, 3.8) is 0 Å². The van der Waals surface area contributed by atoms with E-state index in [1.165, 1.54) is 0 Å². The molecule has 0 aliphatic heterocycles. The summed E-state index contributed by atoms with van der Waals surface area (Å²) in [5, 5.41) is 0.970. The Morgan fingerprint density at radius 3 is 2.35 bits per heavy atom. The summed E-state index contributed by atoms with van der Waals surface area (Å²) in [4.78, 5) is 23.0. The SMILES string of the molecule is Cc1ccc2c(C)c(C=O)c(=O)n(C)c2c1C. The number of fused-ring (bicyclic) bond motifs is 1. The van der Waals surface area contributed by atoms with Crippen LogP contribution in [0.15, 0.2) is 16.9 Å². The van der Waals surface area contributed by atoms with Gasteiger partial charge in [-0.3, -0.25) is 9.59 Å². The molecule has 0 atom stereocenters. The number of rotatable bonds is 1. The van der Waals surface area contributed by atoms with Gasteiger partial charge in [0.25, 0.3) is 5.56 Å². The molecular weight excluding hydrogens is 214 g/mol. The fourth-order valence-electron chi connectivity index (χ4n) is 2.26. The predicted octanol–water partition coefficient (Wildman–Crippen LogP) is 2.28. The molecule has 1 heterocycles. The van der Waals surface area contributed by atoms with E-state index in [0.717, 1.165) is 27.6 Å². The van der Waals surface area contributed by atoms with E-state index in [4.69, 9.17) is 0 Å². The number of hydrogen-bond acceptors (Lipinski definition) is 2. The van der Waals surface area contributed by atoms with Crippen LogP contribution >= 0.6 is 0 Å². The molecule has 0 spiro atoms. The molecule has 0 N–H and O–H groups in total. The van der Waals surface area contributed by atoms with Gasteiger partial charge >= 0.3 is 0 Å². The molecule has 0 fully saturated rings. The van der Waals surface area contributed by atoms with E-state index < -0.39 is 0 Å². The molecule has 0 amide bonds. The monoisotopic (exact) mass is 229 g/mol. The summed E-state index contributed by atoms with van der Waals surface area (Å²) < 4.78 is 1.56. The second-order valence-electron chi connectivity index (χ2n) is 4.42. The summed E-state index contributed by atoms with van der Waals surface area (Å²) in [5.74, 6) is 0. The molecule has 3 heteroatoms. The van der Waals surface area contributed by atoms with Gasteiger partial charge in [0, 0.05) is 12.4 Å². The standard InChI is InChI=1S/C14H15NO2/c1-8-5-6-11-10(3)12(7-16)14(17)15(4)13(11)9(8)2/h5-7H,1-4H3. The van der Waals surface area contributed by atoms with Crippen LogP contribution in [0, 0.1) is 20.8 Å². The van der Waals surface area contributed by atoms with E-state index in [-0.39, 0.29) is 11.1 Å². The van der Waals surface area contributed by atoms with Gasteiger partial charge in [-0.1, -0.05) is 12.1 Å². The molecule has 88 valence electrons. The maximum absolute atomic E-state index is 12.0. The van der Waals surface area contributed by atoms with Crippen LogP contribution in [-0.2, 0) is 7.05 Å². The van der Waals surface area contributed by atoms with Crippen molar-refractivity contribution < 1.29 is 4.79 Å². The third-order valence-corrected chi connectivity index (χ3v) is 3.50. The number of aryl methyl sites for hydroxylation is 4. The van der Waals surface area contributed by atoms with Crippen molar-refractivity contribution >= 4 is 17.2 Å². The number of aldehydes is 1. The first kappa shape index (κ1) is 11.6. The van der Waals surface area contributed by atoms with Gasteiger partial charge in [-0.2, -0.15) is 0 Å². The summed E-state index contributed by atoms with van der Waals surface area (Å²) in [7, 11) is 1.71. The van der Waals surface area contributed by atoms with E-state index in [2.05, 4.69) is 0 Å². The Kier molecular flexibility index (Phi) is 2.62. The number of carbonyl (C=O) groups is 1. The molecular formula is C14H15NO2. The highest BCUT2D eigenvalue weighted by Gasteiger charge is 2.13. The van der Waals surface area contributed by atoms with Crippen LogP contribution in [0.4, 0.5) is 0 Å². The van der Waals surface area contributed by atoms with Crippen LogP contribution in [0.5, 0.6) is 0 Å². The van der Waals surface area contributed by atoms with Crippen molar-refractivity contribution in [2.75, 3.05) is 0 Å². The van der Waals surface area contributed by atoms with E-state index in [0.29, 0.717) is 6.29 Å². The molecule has 0 bridgehead atoms. The van der Waals surface area contributed by atoms with Gasteiger partial charge in [0.1, 0.15) is 0 Å². The quantitative estimate of drug-likeness (QED) is 0.704. The van der Waals surface area contributed by atoms with Gasteiger partial charge in [-0.25, -0.2) is 0 Å². The number of aromatic nitrogens is 1. The Morgan fingerprint density at radius 2 is 1.76 bits per heavy atom. The molecule has 2 rings (SSSR count). The van der Waals surface area contributed by atoms with E-state index >= 15 is 0 Å². The van der Waals surface area contributed by atoms with Gasteiger partial charge in [0.15, 0.2) is 6.29 Å². The van der Waals surface area contributed by atoms with Gasteiger partial charge < -0.3 is 4.57 Å². The van der Waals surface area contributed by atoms with Gasteiger partial charge in [-0.05, 0) is 37.5 Å². The minimum Gasteiger partial charge on any atom is -0.310 e. The molecule has 0 saturated carbocycles. The van der Waals surface area contributed by atoms with Crippen molar-refractivity contribution in [2.24, 2.45) is 7.05 Å². The van der Waals surface area contributed by atoms with Crippen LogP contribution in [0.3, 0.4) is 0 Å². The fraction of sp³-hybridized carbons (Fsp3) is 0.286. The summed E-state index contributed by atoms with van der Waals surface area (Å²) >= 11 is 0. The summed E-state index contributed by atoms with van der Waals surface area (Å²) in [6.07, 6.45) is 0.645. The average Bonchev–Trinajstić information content (AvgIpc) is 2.30. The van der Waals surface area contributed by atoms with Crippen LogP contribution in [0.2, 0.25) is 0 Å². The topological polar surface area (TPSA) is 39.1 Å². The predicted molar refractivity (Wildman–Crippen MR) is 68.8 cm³/mol. The lowest BCUT2D eigenvalue weighted by molar-refractivity contribution is 0.112. The zero-order chi connectivity index (χ0) is 12.7. The third kappa shape index (κ3) is 1.50. The minimum atomic E-state index is -0.223. The highest BCUT2D eigenvalue weighted by molar-refractivity contribution is 5.92. The molecule has 0 saturated heterocycles. The number of benzene rings is 1. The molecule has 0 unspecified atom stereocenters. The first-order valence-corrected chi connectivity index (χ1v) is 5.53. The molecule has 1 aromatic carbocycles. The Labute approximate surface area is 99.7 Å². The van der Waals surface area contributed by atoms with Crippen LogP contribution < -0.4 is 5.56 Å². The second-order valence-corrected chi connectivity index (χ2v) is 4.42. The summed E-state index contributed by atoms with van der Waals surface area (Å²) in [6.45, 7) is 5.83. The smallest absolute Gasteiger partial charge is 0.261 e.